The van der Waals surface area contributed by atoms with Crippen LogP contribution in [0.1, 0.15) is 53.7 Å². The number of nitrogens with one attached hydrogen (secondary N) is 1. The molecule has 1 aliphatic carbocycles. The van der Waals surface area contributed by atoms with E-state index in [1.807, 2.05) is 49.1 Å². The minimum absolute atomic E-state index is 0.00120. The Hall–Kier alpha value is -3.19. The summed E-state index contributed by atoms with van der Waals surface area (Å²) in [6.07, 6.45) is 3.61. The largest absolute Gasteiger partial charge is 0.372 e. The molecule has 0 spiro atoms. The quantitative estimate of drug-likeness (QED) is 0.721. The van der Waals surface area contributed by atoms with Crippen molar-refractivity contribution in [2.24, 2.45) is 5.92 Å². The molecule has 3 unspecified atom stereocenters. The number of fused-ring (bicyclic) bond motifs is 1. The van der Waals surface area contributed by atoms with Gasteiger partial charge in [0.15, 0.2) is 0 Å². The van der Waals surface area contributed by atoms with Crippen molar-refractivity contribution in [1.29, 1.82) is 0 Å². The second-order valence-corrected chi connectivity index (χ2v) is 10.1. The number of morpholine rings is 1. The zero-order chi connectivity index (χ0) is 24.5. The van der Waals surface area contributed by atoms with Crippen molar-refractivity contribution >= 4 is 23.4 Å². The van der Waals surface area contributed by atoms with Crippen LogP contribution < -0.4 is 10.2 Å². The van der Waals surface area contributed by atoms with Crippen molar-refractivity contribution in [3.63, 3.8) is 0 Å². The fraction of sp³-hybridized carbons (Fsp3) is 0.464. The third-order valence-electron chi connectivity index (χ3n) is 7.26. The first-order chi connectivity index (χ1) is 16.9. The van der Waals surface area contributed by atoms with Gasteiger partial charge in [0.2, 0.25) is 11.8 Å². The van der Waals surface area contributed by atoms with Crippen molar-refractivity contribution < 1.29 is 19.1 Å². The van der Waals surface area contributed by atoms with Crippen molar-refractivity contribution in [1.82, 2.24) is 10.2 Å². The van der Waals surface area contributed by atoms with Gasteiger partial charge >= 0.3 is 0 Å². The summed E-state index contributed by atoms with van der Waals surface area (Å²) in [6, 6.07) is 13.6. The van der Waals surface area contributed by atoms with E-state index in [2.05, 4.69) is 17.4 Å². The molecule has 3 aliphatic rings. The molecule has 2 aromatic rings. The third kappa shape index (κ3) is 5.10. The summed E-state index contributed by atoms with van der Waals surface area (Å²) in [7, 11) is 0. The summed E-state index contributed by atoms with van der Waals surface area (Å²) in [4.78, 5) is 41.9. The zero-order valence-corrected chi connectivity index (χ0v) is 20.5. The van der Waals surface area contributed by atoms with Gasteiger partial charge in [-0.2, -0.15) is 0 Å². The van der Waals surface area contributed by atoms with Crippen LogP contribution in [0, 0.1) is 5.92 Å². The van der Waals surface area contributed by atoms with E-state index in [4.69, 9.17) is 4.74 Å². The lowest BCUT2D eigenvalue weighted by atomic mass is 10.1. The number of ether oxygens (including phenoxy) is 1. The second-order valence-electron chi connectivity index (χ2n) is 10.1. The molecule has 2 aromatic carbocycles. The summed E-state index contributed by atoms with van der Waals surface area (Å²) < 4.78 is 5.72. The lowest BCUT2D eigenvalue weighted by Crippen LogP contribution is -2.48. The summed E-state index contributed by atoms with van der Waals surface area (Å²) in [5.74, 6) is -0.475. The average Bonchev–Trinajstić information content (AvgIpc) is 3.47. The normalized spacial score (nSPS) is 23.9. The van der Waals surface area contributed by atoms with E-state index in [1.54, 1.807) is 4.90 Å². The van der Waals surface area contributed by atoms with Gasteiger partial charge in [-0.05, 0) is 74.1 Å². The van der Waals surface area contributed by atoms with E-state index < -0.39 is 0 Å². The molecular formula is C28H33N3O4. The lowest BCUT2D eigenvalue weighted by molar-refractivity contribution is -0.126. The molecule has 35 heavy (non-hydrogen) atoms. The van der Waals surface area contributed by atoms with Crippen LogP contribution in [0.3, 0.4) is 0 Å². The number of rotatable bonds is 5. The van der Waals surface area contributed by atoms with Gasteiger partial charge in [0.1, 0.15) is 0 Å². The van der Waals surface area contributed by atoms with Crippen LogP contribution in [0.5, 0.6) is 0 Å². The first kappa shape index (κ1) is 23.5. The topological polar surface area (TPSA) is 79.0 Å². The van der Waals surface area contributed by atoms with E-state index in [9.17, 15) is 14.4 Å². The van der Waals surface area contributed by atoms with Crippen LogP contribution in [0.2, 0.25) is 0 Å². The molecular weight excluding hydrogens is 442 g/mol. The van der Waals surface area contributed by atoms with Gasteiger partial charge in [-0.15, -0.1) is 0 Å². The van der Waals surface area contributed by atoms with Gasteiger partial charge in [0, 0.05) is 43.9 Å². The van der Waals surface area contributed by atoms with E-state index in [-0.39, 0.29) is 42.3 Å². The Morgan fingerprint density at radius 3 is 2.43 bits per heavy atom. The highest BCUT2D eigenvalue weighted by atomic mass is 16.5. The maximum absolute atomic E-state index is 12.8. The van der Waals surface area contributed by atoms with Gasteiger partial charge in [-0.1, -0.05) is 18.2 Å². The van der Waals surface area contributed by atoms with Crippen LogP contribution in [0.4, 0.5) is 5.69 Å². The monoisotopic (exact) mass is 475 g/mol. The van der Waals surface area contributed by atoms with Gasteiger partial charge in [-0.25, -0.2) is 0 Å². The predicted molar refractivity (Wildman–Crippen MR) is 133 cm³/mol. The molecule has 2 saturated heterocycles. The highest BCUT2D eigenvalue weighted by Crippen LogP contribution is 2.30. The van der Waals surface area contributed by atoms with Crippen LogP contribution in [-0.4, -0.2) is 54.5 Å². The van der Waals surface area contributed by atoms with E-state index in [0.717, 1.165) is 24.1 Å². The number of hydrogen-bond donors (Lipinski definition) is 1. The van der Waals surface area contributed by atoms with Gasteiger partial charge in [0.25, 0.3) is 5.91 Å². The first-order valence-corrected chi connectivity index (χ1v) is 12.6. The van der Waals surface area contributed by atoms with Crippen LogP contribution in [-0.2, 0) is 33.7 Å². The van der Waals surface area contributed by atoms with Crippen LogP contribution in [0.15, 0.2) is 42.5 Å². The van der Waals surface area contributed by atoms with Crippen LogP contribution >= 0.6 is 0 Å². The Morgan fingerprint density at radius 1 is 0.971 bits per heavy atom. The molecule has 3 amide bonds. The minimum atomic E-state index is -0.359. The third-order valence-corrected chi connectivity index (χ3v) is 7.26. The standard InChI is InChI=1S/C28H33N3O4/c1-18-15-30(16-19(2)35-18)28(34)22-8-6-20(7-9-22)14-29-27(33)24-13-26(32)31(17-24)25-11-10-21-4-3-5-23(21)12-25/h6-12,18-19,24H,3-5,13-17H2,1-2H3,(H,29,33). The Balaban J connectivity index is 1.15. The van der Waals surface area contributed by atoms with Gasteiger partial charge < -0.3 is 19.9 Å². The molecule has 0 saturated carbocycles. The molecule has 0 aromatic heterocycles. The highest BCUT2D eigenvalue weighted by Gasteiger charge is 2.35. The van der Waals surface area contributed by atoms with Crippen molar-refractivity contribution in [2.75, 3.05) is 24.5 Å². The Labute approximate surface area is 206 Å². The van der Waals surface area contributed by atoms with Crippen LogP contribution in [0.25, 0.3) is 0 Å². The molecule has 2 aliphatic heterocycles. The smallest absolute Gasteiger partial charge is 0.254 e. The maximum atomic E-state index is 12.8. The fourth-order valence-electron chi connectivity index (χ4n) is 5.48. The van der Waals surface area contributed by atoms with Crippen molar-refractivity contribution in [2.45, 2.75) is 58.3 Å². The number of amides is 3. The average molecular weight is 476 g/mol. The molecule has 1 N–H and O–H groups in total. The van der Waals surface area contributed by atoms with Gasteiger partial charge in [-0.3, -0.25) is 14.4 Å². The molecule has 7 heteroatoms. The summed E-state index contributed by atoms with van der Waals surface area (Å²) >= 11 is 0. The molecule has 2 heterocycles. The Morgan fingerprint density at radius 2 is 1.69 bits per heavy atom. The van der Waals surface area contributed by atoms with Crippen molar-refractivity contribution in [3.8, 4) is 0 Å². The maximum Gasteiger partial charge on any atom is 0.254 e. The van der Waals surface area contributed by atoms with Crippen molar-refractivity contribution in [3.05, 3.63) is 64.7 Å². The highest BCUT2D eigenvalue weighted by molar-refractivity contribution is 6.00. The first-order valence-electron chi connectivity index (χ1n) is 12.6. The van der Waals surface area contributed by atoms with E-state index in [1.165, 1.54) is 17.5 Å². The molecule has 3 atom stereocenters. The molecule has 0 bridgehead atoms. The molecule has 184 valence electrons. The molecule has 2 fully saturated rings. The SMILES string of the molecule is CC1CN(C(=O)c2ccc(CNC(=O)C3CC(=O)N(c4ccc5c(c4)CCC5)C3)cc2)CC(C)O1. The number of anilines is 1. The summed E-state index contributed by atoms with van der Waals surface area (Å²) in [5, 5.41) is 2.97. The molecule has 5 rings (SSSR count). The fourth-order valence-corrected chi connectivity index (χ4v) is 5.48. The number of benzene rings is 2. The van der Waals surface area contributed by atoms with E-state index in [0.29, 0.717) is 31.7 Å². The second kappa shape index (κ2) is 9.82. The number of aryl methyl sites for hydroxylation is 2. The lowest BCUT2D eigenvalue weighted by Gasteiger charge is -2.35. The Kier molecular flexibility index (Phi) is 6.60. The molecule has 0 radical (unpaired) electrons. The number of hydrogen-bond acceptors (Lipinski definition) is 4. The number of carbonyl (C=O) groups is 3. The van der Waals surface area contributed by atoms with E-state index >= 15 is 0 Å². The zero-order valence-electron chi connectivity index (χ0n) is 20.5. The summed E-state index contributed by atoms with van der Waals surface area (Å²) in [5.41, 5.74) is 5.14. The molecule has 7 nitrogen and oxygen atoms in total. The predicted octanol–water partition coefficient (Wildman–Crippen LogP) is 3.09. The minimum Gasteiger partial charge on any atom is -0.372 e. The summed E-state index contributed by atoms with van der Waals surface area (Å²) in [6.45, 7) is 5.90. The Bertz CT molecular complexity index is 1120. The number of carbonyl (C=O) groups excluding carboxylic acids is 3. The number of nitrogens with zero attached hydrogens (tertiary/aromatic N) is 2. The van der Waals surface area contributed by atoms with Gasteiger partial charge in [0.05, 0.1) is 18.1 Å².